The zero-order valence-corrected chi connectivity index (χ0v) is 11.6. The van der Waals surface area contributed by atoms with Gasteiger partial charge in [0, 0.05) is 5.69 Å². The molecule has 0 aromatic heterocycles. The van der Waals surface area contributed by atoms with Crippen LogP contribution in [-0.4, -0.2) is 15.5 Å². The number of nitrogens with one attached hydrogen (secondary N) is 1. The Bertz CT molecular complexity index is 667. The van der Waals surface area contributed by atoms with E-state index in [1.54, 1.807) is 31.4 Å². The van der Waals surface area contributed by atoms with Gasteiger partial charge < -0.3 is 10.5 Å². The molecule has 106 valence electrons. The van der Waals surface area contributed by atoms with E-state index in [9.17, 15) is 8.42 Å². The Labute approximate surface area is 117 Å². The maximum Gasteiger partial charge on any atom is 0.317 e. The fourth-order valence-electron chi connectivity index (χ4n) is 1.44. The van der Waals surface area contributed by atoms with Crippen LogP contribution >= 0.6 is 0 Å². The van der Waals surface area contributed by atoms with Gasteiger partial charge in [0.2, 0.25) is 0 Å². The van der Waals surface area contributed by atoms with Crippen molar-refractivity contribution in [1.29, 1.82) is 0 Å². The first-order valence-corrected chi connectivity index (χ1v) is 7.11. The third-order valence-corrected chi connectivity index (χ3v) is 3.68. The molecule has 0 bridgehead atoms. The van der Waals surface area contributed by atoms with Gasteiger partial charge in [-0.25, -0.2) is 5.48 Å². The molecule has 7 heteroatoms. The normalized spacial score (nSPS) is 11.1. The number of anilines is 2. The van der Waals surface area contributed by atoms with E-state index in [-0.39, 0.29) is 4.90 Å². The molecule has 6 nitrogen and oxygen atoms in total. The summed E-state index contributed by atoms with van der Waals surface area (Å²) in [5.74, 6) is 0.664. The van der Waals surface area contributed by atoms with Gasteiger partial charge in [0.25, 0.3) is 0 Å². The van der Waals surface area contributed by atoms with Crippen molar-refractivity contribution in [1.82, 2.24) is 0 Å². The second-order valence-corrected chi connectivity index (χ2v) is 5.48. The zero-order valence-electron chi connectivity index (χ0n) is 10.7. The van der Waals surface area contributed by atoms with Gasteiger partial charge in [0.1, 0.15) is 5.75 Å². The number of rotatable bonds is 5. The summed E-state index contributed by atoms with van der Waals surface area (Å²) in [7, 11) is -2.34. The van der Waals surface area contributed by atoms with Gasteiger partial charge >= 0.3 is 10.1 Å². The average molecular weight is 294 g/mol. The molecule has 0 fully saturated rings. The van der Waals surface area contributed by atoms with Crippen molar-refractivity contribution in [3.8, 4) is 5.75 Å². The molecule has 0 spiro atoms. The summed E-state index contributed by atoms with van der Waals surface area (Å²) >= 11 is 0. The summed E-state index contributed by atoms with van der Waals surface area (Å²) in [5, 5.41) is 0. The van der Waals surface area contributed by atoms with Crippen LogP contribution in [0.5, 0.6) is 5.75 Å². The first-order valence-electron chi connectivity index (χ1n) is 5.70. The van der Waals surface area contributed by atoms with Crippen molar-refractivity contribution >= 4 is 21.5 Å². The van der Waals surface area contributed by atoms with Crippen molar-refractivity contribution in [3.05, 3.63) is 48.5 Å². The van der Waals surface area contributed by atoms with Crippen LogP contribution in [0.1, 0.15) is 0 Å². The number of hydrogen-bond acceptors (Lipinski definition) is 6. The monoisotopic (exact) mass is 294 g/mol. The predicted molar refractivity (Wildman–Crippen MR) is 75.7 cm³/mol. The molecule has 0 aliphatic rings. The summed E-state index contributed by atoms with van der Waals surface area (Å²) in [6.07, 6.45) is 0. The molecule has 0 unspecified atom stereocenters. The number of methoxy groups -OCH3 is 1. The second kappa shape index (κ2) is 5.81. The minimum atomic E-state index is -3.89. The quantitative estimate of drug-likeness (QED) is 0.647. The Kier molecular flexibility index (Phi) is 4.11. The molecular weight excluding hydrogens is 280 g/mol. The highest BCUT2D eigenvalue weighted by molar-refractivity contribution is 7.86. The molecule has 2 aromatic rings. The van der Waals surface area contributed by atoms with Crippen molar-refractivity contribution in [3.63, 3.8) is 0 Å². The third-order valence-electron chi connectivity index (χ3n) is 2.53. The number of nitrogen functional groups attached to an aromatic ring is 1. The summed E-state index contributed by atoms with van der Waals surface area (Å²) in [6, 6.07) is 12.4. The maximum atomic E-state index is 11.9. The lowest BCUT2D eigenvalue weighted by atomic mass is 10.3. The van der Waals surface area contributed by atoms with Crippen LogP contribution in [-0.2, 0) is 14.4 Å². The lowest BCUT2D eigenvalue weighted by Crippen LogP contribution is -2.11. The summed E-state index contributed by atoms with van der Waals surface area (Å²) in [5.41, 5.74) is 8.84. The molecule has 0 aliphatic carbocycles. The van der Waals surface area contributed by atoms with E-state index in [2.05, 4.69) is 5.48 Å². The molecular formula is C13H14N2O4S. The van der Waals surface area contributed by atoms with Crippen molar-refractivity contribution in [2.45, 2.75) is 4.90 Å². The predicted octanol–water partition coefficient (Wildman–Crippen LogP) is 2.01. The summed E-state index contributed by atoms with van der Waals surface area (Å²) in [4.78, 5) is 0.0210. The minimum Gasteiger partial charge on any atom is -0.497 e. The van der Waals surface area contributed by atoms with E-state index >= 15 is 0 Å². The Balaban J connectivity index is 2.06. The van der Waals surface area contributed by atoms with Crippen LogP contribution in [0.2, 0.25) is 0 Å². The van der Waals surface area contributed by atoms with Crippen LogP contribution in [0.3, 0.4) is 0 Å². The minimum absolute atomic E-state index is 0.0210. The van der Waals surface area contributed by atoms with Gasteiger partial charge in [-0.1, -0.05) is 0 Å². The van der Waals surface area contributed by atoms with Gasteiger partial charge in [-0.3, -0.25) is 0 Å². The van der Waals surface area contributed by atoms with Crippen LogP contribution < -0.4 is 16.0 Å². The Hall–Kier alpha value is -2.25. The Morgan fingerprint density at radius 2 is 1.60 bits per heavy atom. The maximum absolute atomic E-state index is 11.9. The number of hydrogen-bond donors (Lipinski definition) is 2. The third kappa shape index (κ3) is 3.40. The molecule has 2 rings (SSSR count). The fourth-order valence-corrected chi connectivity index (χ4v) is 2.22. The average Bonchev–Trinajstić information content (AvgIpc) is 2.46. The number of ether oxygens (including phenoxy) is 1. The number of benzene rings is 2. The Morgan fingerprint density at radius 1 is 1.00 bits per heavy atom. The first kappa shape index (κ1) is 14.2. The van der Waals surface area contributed by atoms with E-state index < -0.39 is 10.1 Å². The highest BCUT2D eigenvalue weighted by atomic mass is 32.2. The van der Waals surface area contributed by atoms with Gasteiger partial charge in [0.15, 0.2) is 0 Å². The number of nitrogens with two attached hydrogens (primary N) is 1. The van der Waals surface area contributed by atoms with Gasteiger partial charge in [-0.2, -0.15) is 8.42 Å². The lowest BCUT2D eigenvalue weighted by Gasteiger charge is -2.08. The highest BCUT2D eigenvalue weighted by Gasteiger charge is 2.15. The molecule has 0 radical (unpaired) electrons. The van der Waals surface area contributed by atoms with Crippen molar-refractivity contribution in [2.24, 2.45) is 0 Å². The topological polar surface area (TPSA) is 90.6 Å². The smallest absolute Gasteiger partial charge is 0.317 e. The molecule has 0 amide bonds. The van der Waals surface area contributed by atoms with E-state index in [1.165, 1.54) is 24.3 Å². The SMILES string of the molecule is COc1ccc(NOS(=O)(=O)c2ccc(N)cc2)cc1. The summed E-state index contributed by atoms with van der Waals surface area (Å²) < 4.78 is 33.5. The van der Waals surface area contributed by atoms with Gasteiger partial charge in [0.05, 0.1) is 17.7 Å². The van der Waals surface area contributed by atoms with Crippen molar-refractivity contribution < 1.29 is 17.4 Å². The van der Waals surface area contributed by atoms with E-state index in [0.717, 1.165) is 0 Å². The molecule has 0 saturated carbocycles. The Morgan fingerprint density at radius 3 is 2.15 bits per heavy atom. The van der Waals surface area contributed by atoms with Crippen LogP contribution in [0.4, 0.5) is 11.4 Å². The summed E-state index contributed by atoms with van der Waals surface area (Å²) in [6.45, 7) is 0. The van der Waals surface area contributed by atoms with Gasteiger partial charge in [-0.05, 0) is 48.5 Å². The van der Waals surface area contributed by atoms with E-state index in [4.69, 9.17) is 14.8 Å². The molecule has 0 atom stereocenters. The first-order chi connectivity index (χ1) is 9.51. The zero-order chi connectivity index (χ0) is 14.6. The van der Waals surface area contributed by atoms with Crippen LogP contribution in [0.15, 0.2) is 53.4 Å². The molecule has 20 heavy (non-hydrogen) atoms. The van der Waals surface area contributed by atoms with E-state index in [0.29, 0.717) is 17.1 Å². The lowest BCUT2D eigenvalue weighted by molar-refractivity contribution is 0.390. The standard InChI is InChI=1S/C13H14N2O4S/c1-18-12-6-4-11(5-7-12)15-19-20(16,17)13-8-2-10(14)3-9-13/h2-9,15H,14H2,1H3. The largest absolute Gasteiger partial charge is 0.497 e. The van der Waals surface area contributed by atoms with Crippen LogP contribution in [0, 0.1) is 0 Å². The molecule has 0 aliphatic heterocycles. The molecule has 0 saturated heterocycles. The molecule has 3 N–H and O–H groups in total. The fraction of sp³-hybridized carbons (Fsp3) is 0.0769. The van der Waals surface area contributed by atoms with Crippen LogP contribution in [0.25, 0.3) is 0 Å². The highest BCUT2D eigenvalue weighted by Crippen LogP contribution is 2.18. The van der Waals surface area contributed by atoms with E-state index in [1.807, 2.05) is 0 Å². The molecule has 0 heterocycles. The van der Waals surface area contributed by atoms with Gasteiger partial charge in [-0.15, -0.1) is 4.28 Å². The second-order valence-electron chi connectivity index (χ2n) is 3.94. The molecule has 2 aromatic carbocycles. The van der Waals surface area contributed by atoms with Crippen molar-refractivity contribution in [2.75, 3.05) is 18.3 Å².